The molecule has 7 nitrogen and oxygen atoms in total. The minimum Gasteiger partial charge on any atom is -0.493 e. The average Bonchev–Trinajstić information content (AvgIpc) is 3.12. The minimum absolute atomic E-state index is 0.0305. The summed E-state index contributed by atoms with van der Waals surface area (Å²) in [6, 6.07) is 11.6. The number of carbonyl (C=O) groups is 1. The number of nitrogens with zero attached hydrogens (tertiary/aromatic N) is 2. The Hall–Kier alpha value is -3.84. The summed E-state index contributed by atoms with van der Waals surface area (Å²) in [6.45, 7) is 2.06. The topological polar surface area (TPSA) is 81.9 Å². The molecule has 0 saturated heterocycles. The van der Waals surface area contributed by atoms with E-state index in [4.69, 9.17) is 25.5 Å². The molecule has 0 N–H and O–H groups in total. The predicted molar refractivity (Wildman–Crippen MR) is 128 cm³/mol. The zero-order valence-corrected chi connectivity index (χ0v) is 19.6. The summed E-state index contributed by atoms with van der Waals surface area (Å²) in [5.74, 6) is 0.696. The molecule has 1 aliphatic heterocycles. The van der Waals surface area contributed by atoms with E-state index < -0.39 is 6.04 Å². The van der Waals surface area contributed by atoms with Crippen molar-refractivity contribution in [2.45, 2.75) is 19.5 Å². The van der Waals surface area contributed by atoms with Crippen LogP contribution in [0.25, 0.3) is 11.0 Å². The molecule has 1 amide bonds. The SMILES string of the molecule is COc1ccc([C@@H]2c3c(oc4cc(C)c(Cl)cc4c3=O)C(=O)N2Cc2cccnc2)cc1OC. The number of benzene rings is 2. The van der Waals surface area contributed by atoms with Gasteiger partial charge in [-0.3, -0.25) is 14.6 Å². The third-order valence-corrected chi connectivity index (χ3v) is 6.45. The van der Waals surface area contributed by atoms with E-state index in [-0.39, 0.29) is 29.2 Å². The first-order valence-corrected chi connectivity index (χ1v) is 11.0. The lowest BCUT2D eigenvalue weighted by atomic mass is 9.97. The molecule has 2 aromatic carbocycles. The van der Waals surface area contributed by atoms with Crippen molar-refractivity contribution in [3.63, 3.8) is 0 Å². The highest BCUT2D eigenvalue weighted by Crippen LogP contribution is 2.42. The molecule has 2 aromatic heterocycles. The summed E-state index contributed by atoms with van der Waals surface area (Å²) in [6.07, 6.45) is 3.36. The van der Waals surface area contributed by atoms with Gasteiger partial charge in [-0.25, -0.2) is 0 Å². The van der Waals surface area contributed by atoms with Gasteiger partial charge in [0.25, 0.3) is 5.91 Å². The minimum atomic E-state index is -0.691. The molecule has 34 heavy (non-hydrogen) atoms. The van der Waals surface area contributed by atoms with Crippen molar-refractivity contribution in [3.8, 4) is 11.5 Å². The number of aromatic nitrogens is 1. The van der Waals surface area contributed by atoms with Crippen molar-refractivity contribution in [3.05, 3.63) is 98.1 Å². The molecule has 3 heterocycles. The highest BCUT2D eigenvalue weighted by molar-refractivity contribution is 6.32. The smallest absolute Gasteiger partial charge is 0.291 e. The van der Waals surface area contributed by atoms with Gasteiger partial charge in [0, 0.05) is 24.0 Å². The lowest BCUT2D eigenvalue weighted by molar-refractivity contribution is 0.0714. The van der Waals surface area contributed by atoms with E-state index in [1.807, 2.05) is 19.1 Å². The molecule has 0 saturated carbocycles. The number of fused-ring (bicyclic) bond motifs is 2. The first-order chi connectivity index (χ1) is 16.4. The normalized spacial score (nSPS) is 15.0. The summed E-state index contributed by atoms with van der Waals surface area (Å²) in [4.78, 5) is 33.1. The van der Waals surface area contributed by atoms with Gasteiger partial charge in [0.15, 0.2) is 16.9 Å². The number of rotatable bonds is 5. The van der Waals surface area contributed by atoms with E-state index in [0.717, 1.165) is 11.1 Å². The molecule has 1 aliphatic rings. The van der Waals surface area contributed by atoms with Crippen LogP contribution in [0.3, 0.4) is 0 Å². The number of ether oxygens (including phenoxy) is 2. The van der Waals surface area contributed by atoms with Crippen molar-refractivity contribution in [2.75, 3.05) is 14.2 Å². The number of halogens is 1. The Morgan fingerprint density at radius 3 is 2.59 bits per heavy atom. The maximum absolute atomic E-state index is 13.7. The van der Waals surface area contributed by atoms with Gasteiger partial charge >= 0.3 is 0 Å². The third kappa shape index (κ3) is 3.49. The average molecular weight is 477 g/mol. The predicted octanol–water partition coefficient (Wildman–Crippen LogP) is 4.91. The number of carbonyl (C=O) groups excluding carboxylic acids is 1. The molecule has 0 fully saturated rings. The second-order valence-corrected chi connectivity index (χ2v) is 8.49. The van der Waals surface area contributed by atoms with Crippen molar-refractivity contribution in [2.24, 2.45) is 0 Å². The summed E-state index contributed by atoms with van der Waals surface area (Å²) in [5, 5.41) is 0.787. The molecule has 4 aromatic rings. The van der Waals surface area contributed by atoms with Crippen LogP contribution in [0.15, 0.2) is 64.1 Å². The summed E-state index contributed by atoms with van der Waals surface area (Å²) < 4.78 is 16.9. The molecule has 0 radical (unpaired) electrons. The van der Waals surface area contributed by atoms with Gasteiger partial charge in [0.05, 0.1) is 31.2 Å². The van der Waals surface area contributed by atoms with Gasteiger partial charge in [0.1, 0.15) is 5.58 Å². The molecule has 0 unspecified atom stereocenters. The highest BCUT2D eigenvalue weighted by atomic mass is 35.5. The van der Waals surface area contributed by atoms with Crippen LogP contribution >= 0.6 is 11.6 Å². The number of methoxy groups -OCH3 is 2. The summed E-state index contributed by atoms with van der Waals surface area (Å²) in [5.41, 5.74) is 2.58. The van der Waals surface area contributed by atoms with E-state index in [1.165, 1.54) is 7.11 Å². The van der Waals surface area contributed by atoms with Crippen LogP contribution < -0.4 is 14.9 Å². The van der Waals surface area contributed by atoms with E-state index in [9.17, 15) is 9.59 Å². The number of aryl methyl sites for hydroxylation is 1. The largest absolute Gasteiger partial charge is 0.493 e. The van der Waals surface area contributed by atoms with Crippen molar-refractivity contribution in [1.82, 2.24) is 9.88 Å². The monoisotopic (exact) mass is 476 g/mol. The Morgan fingerprint density at radius 1 is 1.09 bits per heavy atom. The highest BCUT2D eigenvalue weighted by Gasteiger charge is 2.43. The fraction of sp³-hybridized carbons (Fsp3) is 0.192. The van der Waals surface area contributed by atoms with Crippen LogP contribution in [0.5, 0.6) is 11.5 Å². The Bertz CT molecular complexity index is 1480. The van der Waals surface area contributed by atoms with E-state index >= 15 is 0 Å². The number of hydrogen-bond acceptors (Lipinski definition) is 6. The van der Waals surface area contributed by atoms with Gasteiger partial charge < -0.3 is 18.8 Å². The lowest BCUT2D eigenvalue weighted by Crippen LogP contribution is -2.29. The molecular formula is C26H21ClN2O5. The van der Waals surface area contributed by atoms with Crippen LogP contribution in [0, 0.1) is 6.92 Å². The van der Waals surface area contributed by atoms with Gasteiger partial charge in [-0.15, -0.1) is 0 Å². The molecule has 1 atom stereocenters. The number of amides is 1. The molecule has 0 aliphatic carbocycles. The molecular weight excluding hydrogens is 456 g/mol. The Morgan fingerprint density at radius 2 is 1.88 bits per heavy atom. The standard InChI is InChI=1S/C26H21ClN2O5/c1-14-9-20-17(11-18(14)27)24(30)22-23(16-6-7-19(32-2)21(10-16)33-3)29(26(31)25(22)34-20)13-15-5-4-8-28-12-15/h4-12,23H,13H2,1-3H3/t23-/m1/s1. The quantitative estimate of drug-likeness (QED) is 0.407. The Balaban J connectivity index is 1.75. The van der Waals surface area contributed by atoms with Crippen molar-refractivity contribution in [1.29, 1.82) is 0 Å². The number of pyridine rings is 1. The van der Waals surface area contributed by atoms with Crippen LogP contribution in [0.1, 0.15) is 38.9 Å². The second-order valence-electron chi connectivity index (χ2n) is 8.08. The summed E-state index contributed by atoms with van der Waals surface area (Å²) in [7, 11) is 3.09. The van der Waals surface area contributed by atoms with Gasteiger partial charge in [-0.2, -0.15) is 0 Å². The third-order valence-electron chi connectivity index (χ3n) is 6.05. The summed E-state index contributed by atoms with van der Waals surface area (Å²) >= 11 is 6.31. The maximum atomic E-state index is 13.7. The fourth-order valence-corrected chi connectivity index (χ4v) is 4.53. The molecule has 0 bridgehead atoms. The van der Waals surface area contributed by atoms with Crippen LogP contribution in [0.2, 0.25) is 5.02 Å². The zero-order valence-electron chi connectivity index (χ0n) is 18.8. The van der Waals surface area contributed by atoms with E-state index in [1.54, 1.807) is 54.7 Å². The van der Waals surface area contributed by atoms with Crippen molar-refractivity contribution < 1.29 is 18.7 Å². The zero-order chi connectivity index (χ0) is 24.0. The second kappa shape index (κ2) is 8.50. The number of hydrogen-bond donors (Lipinski definition) is 0. The lowest BCUT2D eigenvalue weighted by Gasteiger charge is -2.25. The molecule has 8 heteroatoms. The first-order valence-electron chi connectivity index (χ1n) is 10.6. The van der Waals surface area contributed by atoms with Crippen LogP contribution in [-0.4, -0.2) is 30.0 Å². The van der Waals surface area contributed by atoms with Crippen molar-refractivity contribution >= 4 is 28.5 Å². The van der Waals surface area contributed by atoms with Gasteiger partial charge in [0.2, 0.25) is 5.76 Å². The van der Waals surface area contributed by atoms with E-state index in [2.05, 4.69) is 4.98 Å². The Kier molecular flexibility index (Phi) is 5.49. The fourth-order valence-electron chi connectivity index (χ4n) is 4.36. The molecule has 5 rings (SSSR count). The van der Waals surface area contributed by atoms with E-state index in [0.29, 0.717) is 33.1 Å². The van der Waals surface area contributed by atoms with Gasteiger partial charge in [-0.05, 0) is 53.9 Å². The molecule has 0 spiro atoms. The maximum Gasteiger partial charge on any atom is 0.291 e. The van der Waals surface area contributed by atoms with Gasteiger partial charge in [-0.1, -0.05) is 23.7 Å². The molecule has 172 valence electrons. The Labute approximate surface area is 200 Å². The first kappa shape index (κ1) is 22.0. The van der Waals surface area contributed by atoms with Crippen LogP contribution in [0.4, 0.5) is 0 Å². The van der Waals surface area contributed by atoms with Crippen LogP contribution in [-0.2, 0) is 6.54 Å².